The van der Waals surface area contributed by atoms with Crippen molar-refractivity contribution in [3.63, 3.8) is 0 Å². The summed E-state index contributed by atoms with van der Waals surface area (Å²) in [6, 6.07) is 14.6. The molecule has 6 heteroatoms. The lowest BCUT2D eigenvalue weighted by molar-refractivity contribution is -0.111. The zero-order valence-corrected chi connectivity index (χ0v) is 15.7. The van der Waals surface area contributed by atoms with E-state index in [0.29, 0.717) is 17.9 Å². The fourth-order valence-corrected chi connectivity index (χ4v) is 3.27. The number of hydrogen-bond acceptors (Lipinski definition) is 5. The molecule has 0 unspecified atom stereocenters. The van der Waals surface area contributed by atoms with Crippen LogP contribution in [0.1, 0.15) is 17.0 Å². The summed E-state index contributed by atoms with van der Waals surface area (Å²) in [5, 5.41) is 13.2. The Kier molecular flexibility index (Phi) is 5.88. The predicted molar refractivity (Wildman–Crippen MR) is 107 cm³/mol. The summed E-state index contributed by atoms with van der Waals surface area (Å²) < 4.78 is 0. The number of phenolic OH excluding ortho intramolecular Hbond substituents is 1. The highest BCUT2D eigenvalue weighted by atomic mass is 32.2. The molecule has 3 rings (SSSR count). The Bertz CT molecular complexity index is 971. The van der Waals surface area contributed by atoms with Gasteiger partial charge in [-0.2, -0.15) is 0 Å². The number of carbonyl (C=O) groups excluding carboxylic acids is 1. The number of rotatable bonds is 6. The van der Waals surface area contributed by atoms with E-state index >= 15 is 0 Å². The third-order valence-corrected chi connectivity index (χ3v) is 4.88. The van der Waals surface area contributed by atoms with Crippen LogP contribution in [0, 0.1) is 6.92 Å². The van der Waals surface area contributed by atoms with Crippen LogP contribution in [0.5, 0.6) is 5.75 Å². The second-order valence-corrected chi connectivity index (χ2v) is 7.00. The summed E-state index contributed by atoms with van der Waals surface area (Å²) in [5.74, 6) is 0.694. The van der Waals surface area contributed by atoms with Crippen molar-refractivity contribution in [2.75, 3.05) is 5.32 Å². The van der Waals surface area contributed by atoms with Gasteiger partial charge in [0, 0.05) is 23.2 Å². The van der Waals surface area contributed by atoms with E-state index in [1.165, 1.54) is 6.08 Å². The zero-order chi connectivity index (χ0) is 19.2. The molecule has 2 N–H and O–H groups in total. The van der Waals surface area contributed by atoms with E-state index in [-0.39, 0.29) is 11.7 Å². The Hall–Kier alpha value is -3.12. The van der Waals surface area contributed by atoms with Crippen molar-refractivity contribution >= 4 is 23.4 Å². The van der Waals surface area contributed by atoms with E-state index < -0.39 is 0 Å². The van der Waals surface area contributed by atoms with Crippen molar-refractivity contribution in [2.45, 2.75) is 23.3 Å². The number of aromatic hydroxyl groups is 1. The van der Waals surface area contributed by atoms with Crippen LogP contribution in [-0.2, 0) is 11.2 Å². The van der Waals surface area contributed by atoms with Crippen molar-refractivity contribution in [2.24, 2.45) is 0 Å². The minimum Gasteiger partial charge on any atom is -0.508 e. The number of anilines is 1. The molecule has 0 aliphatic rings. The number of benzene rings is 2. The third kappa shape index (κ3) is 5.18. The number of nitrogens with one attached hydrogen (secondary N) is 1. The lowest BCUT2D eigenvalue weighted by Crippen LogP contribution is -2.06. The number of hydrogen-bond donors (Lipinski definition) is 2. The van der Waals surface area contributed by atoms with Gasteiger partial charge in [-0.3, -0.25) is 4.79 Å². The lowest BCUT2D eigenvalue weighted by Gasteiger charge is -2.08. The highest BCUT2D eigenvalue weighted by Crippen LogP contribution is 2.29. The second kappa shape index (κ2) is 8.51. The largest absolute Gasteiger partial charge is 0.508 e. The number of amides is 1. The van der Waals surface area contributed by atoms with Crippen LogP contribution in [0.4, 0.5) is 5.69 Å². The normalized spacial score (nSPS) is 10.4. The molecule has 0 saturated carbocycles. The summed E-state index contributed by atoms with van der Waals surface area (Å²) >= 11 is 1.54. The number of aromatic nitrogens is 2. The van der Waals surface area contributed by atoms with Crippen LogP contribution in [0.15, 0.2) is 77.3 Å². The van der Waals surface area contributed by atoms with Gasteiger partial charge in [0.1, 0.15) is 16.6 Å². The van der Waals surface area contributed by atoms with Gasteiger partial charge in [0.15, 0.2) is 0 Å². The van der Waals surface area contributed by atoms with Crippen molar-refractivity contribution in [3.8, 4) is 5.75 Å². The predicted octanol–water partition coefficient (Wildman–Crippen LogP) is 4.36. The maximum absolute atomic E-state index is 11.3. The van der Waals surface area contributed by atoms with Crippen molar-refractivity contribution in [1.82, 2.24) is 9.97 Å². The Balaban J connectivity index is 1.74. The van der Waals surface area contributed by atoms with Gasteiger partial charge in [-0.25, -0.2) is 9.97 Å². The van der Waals surface area contributed by atoms with Gasteiger partial charge in [-0.1, -0.05) is 30.5 Å². The lowest BCUT2D eigenvalue weighted by atomic mass is 10.1. The highest BCUT2D eigenvalue weighted by Gasteiger charge is 2.08. The molecule has 5 nitrogen and oxygen atoms in total. The first-order valence-corrected chi connectivity index (χ1v) is 9.17. The first-order chi connectivity index (χ1) is 13.0. The van der Waals surface area contributed by atoms with Gasteiger partial charge in [-0.15, -0.1) is 0 Å². The van der Waals surface area contributed by atoms with Gasteiger partial charge >= 0.3 is 0 Å². The van der Waals surface area contributed by atoms with Gasteiger partial charge in [0.2, 0.25) is 5.91 Å². The molecule has 136 valence electrons. The topological polar surface area (TPSA) is 75.1 Å². The fourth-order valence-electron chi connectivity index (χ4n) is 2.41. The number of carbonyl (C=O) groups is 1. The molecule has 0 atom stereocenters. The first-order valence-electron chi connectivity index (χ1n) is 8.35. The molecule has 0 aliphatic heterocycles. The minimum atomic E-state index is -0.237. The number of phenols is 1. The Labute approximate surface area is 162 Å². The SMILES string of the molecule is C=CC(=O)Nc1ccc(Sc2nc(Cc3cccc(O)c3)ncc2C)cc1. The highest BCUT2D eigenvalue weighted by molar-refractivity contribution is 7.99. The van der Waals surface area contributed by atoms with Crippen LogP contribution in [0.3, 0.4) is 0 Å². The number of aryl methyl sites for hydroxylation is 1. The van der Waals surface area contributed by atoms with E-state index in [1.54, 1.807) is 30.0 Å². The molecule has 0 aliphatic carbocycles. The summed E-state index contributed by atoms with van der Waals surface area (Å²) in [5.41, 5.74) is 2.66. The Morgan fingerprint density at radius 3 is 2.74 bits per heavy atom. The zero-order valence-electron chi connectivity index (χ0n) is 14.8. The van der Waals surface area contributed by atoms with Crippen LogP contribution < -0.4 is 5.32 Å². The third-order valence-electron chi connectivity index (χ3n) is 3.77. The standard InChI is InChI=1S/C21H19N3O2S/c1-3-20(26)23-16-7-9-18(10-8-16)27-21-14(2)13-22-19(24-21)12-15-5-4-6-17(25)11-15/h3-11,13,25H,1,12H2,2H3,(H,23,26). The maximum Gasteiger partial charge on any atom is 0.247 e. The molecular weight excluding hydrogens is 358 g/mol. The Morgan fingerprint density at radius 2 is 2.04 bits per heavy atom. The van der Waals surface area contributed by atoms with E-state index in [1.807, 2.05) is 43.5 Å². The molecule has 0 fully saturated rings. The molecule has 1 amide bonds. The fraction of sp³-hybridized carbons (Fsp3) is 0.0952. The summed E-state index contributed by atoms with van der Waals surface area (Å²) in [6.07, 6.45) is 3.60. The van der Waals surface area contributed by atoms with Gasteiger partial charge in [0.25, 0.3) is 0 Å². The smallest absolute Gasteiger partial charge is 0.247 e. The van der Waals surface area contributed by atoms with Gasteiger partial charge in [0.05, 0.1) is 0 Å². The second-order valence-electron chi connectivity index (χ2n) is 5.94. The average molecular weight is 377 g/mol. The van der Waals surface area contributed by atoms with Gasteiger partial charge < -0.3 is 10.4 Å². The van der Waals surface area contributed by atoms with Crippen LogP contribution in [-0.4, -0.2) is 21.0 Å². The molecule has 3 aromatic rings. The number of nitrogens with zero attached hydrogens (tertiary/aromatic N) is 2. The summed E-state index contributed by atoms with van der Waals surface area (Å²) in [4.78, 5) is 21.4. The van der Waals surface area contributed by atoms with E-state index in [0.717, 1.165) is 21.0 Å². The average Bonchev–Trinajstić information content (AvgIpc) is 2.66. The van der Waals surface area contributed by atoms with Crippen molar-refractivity contribution in [3.05, 3.63) is 84.3 Å². The molecule has 0 spiro atoms. The van der Waals surface area contributed by atoms with Crippen LogP contribution in [0.25, 0.3) is 0 Å². The quantitative estimate of drug-likeness (QED) is 0.493. The van der Waals surface area contributed by atoms with Gasteiger partial charge in [-0.05, 0) is 60.5 Å². The summed E-state index contributed by atoms with van der Waals surface area (Å²) in [6.45, 7) is 5.41. The molecule has 0 saturated heterocycles. The van der Waals surface area contributed by atoms with E-state index in [9.17, 15) is 9.90 Å². The molecule has 27 heavy (non-hydrogen) atoms. The summed E-state index contributed by atoms with van der Waals surface area (Å²) in [7, 11) is 0. The first kappa shape index (κ1) is 18.7. The monoisotopic (exact) mass is 377 g/mol. The molecule has 0 radical (unpaired) electrons. The van der Waals surface area contributed by atoms with E-state index in [2.05, 4.69) is 21.9 Å². The molecule has 2 aromatic carbocycles. The van der Waals surface area contributed by atoms with E-state index in [4.69, 9.17) is 0 Å². The van der Waals surface area contributed by atoms with Crippen LogP contribution >= 0.6 is 11.8 Å². The van der Waals surface area contributed by atoms with Crippen molar-refractivity contribution < 1.29 is 9.90 Å². The van der Waals surface area contributed by atoms with Crippen LogP contribution in [0.2, 0.25) is 0 Å². The minimum absolute atomic E-state index is 0.234. The molecule has 0 bridgehead atoms. The van der Waals surface area contributed by atoms with Crippen molar-refractivity contribution in [1.29, 1.82) is 0 Å². The molecule has 1 aromatic heterocycles. The molecule has 1 heterocycles. The Morgan fingerprint density at radius 1 is 1.26 bits per heavy atom. The molecular formula is C21H19N3O2S. The maximum atomic E-state index is 11.3.